The Morgan fingerprint density at radius 3 is 2.84 bits per heavy atom. The molecule has 0 spiro atoms. The first-order valence-corrected chi connectivity index (χ1v) is 6.28. The third-order valence-electron chi connectivity index (χ3n) is 2.94. The van der Waals surface area contributed by atoms with E-state index in [1.165, 1.54) is 0 Å². The van der Waals surface area contributed by atoms with Crippen LogP contribution in [0.25, 0.3) is 5.65 Å². The summed E-state index contributed by atoms with van der Waals surface area (Å²) in [4.78, 5) is 4.30. The van der Waals surface area contributed by atoms with Crippen molar-refractivity contribution < 1.29 is 0 Å². The molecule has 0 radical (unpaired) electrons. The molecule has 96 valence electrons. The van der Waals surface area contributed by atoms with E-state index in [-0.39, 0.29) is 6.04 Å². The molecule has 19 heavy (non-hydrogen) atoms. The lowest BCUT2D eigenvalue weighted by Gasteiger charge is -2.15. The maximum absolute atomic E-state index is 5.89. The largest absolute Gasteiger partial charge is 0.360 e. The Labute approximate surface area is 115 Å². The molecule has 2 aromatic heterocycles. The summed E-state index contributed by atoms with van der Waals surface area (Å²) in [7, 11) is 0. The Morgan fingerprint density at radius 2 is 2.05 bits per heavy atom. The first-order chi connectivity index (χ1) is 9.24. The standard InChI is InChI=1S/C13H12ClN5/c1-9(10-2-4-11(14)5-3-10)17-12-13-18-16-8-19(13)7-6-15-12/h2-9H,1H3,(H,15,17). The number of benzene rings is 1. The van der Waals surface area contributed by atoms with E-state index < -0.39 is 0 Å². The highest BCUT2D eigenvalue weighted by atomic mass is 35.5. The van der Waals surface area contributed by atoms with Crippen LogP contribution in [-0.2, 0) is 0 Å². The molecule has 0 aliphatic rings. The lowest BCUT2D eigenvalue weighted by molar-refractivity contribution is 0.872. The number of aromatic nitrogens is 4. The van der Waals surface area contributed by atoms with Crippen LogP contribution < -0.4 is 5.32 Å². The SMILES string of the molecule is CC(Nc1nccn2cnnc12)c1ccc(Cl)cc1. The van der Waals surface area contributed by atoms with Crippen molar-refractivity contribution in [1.82, 2.24) is 19.6 Å². The van der Waals surface area contributed by atoms with Crippen molar-refractivity contribution in [3.8, 4) is 0 Å². The third-order valence-corrected chi connectivity index (χ3v) is 3.19. The number of hydrogen-bond donors (Lipinski definition) is 1. The van der Waals surface area contributed by atoms with Gasteiger partial charge in [0.15, 0.2) is 5.82 Å². The lowest BCUT2D eigenvalue weighted by atomic mass is 10.1. The first-order valence-electron chi connectivity index (χ1n) is 5.90. The van der Waals surface area contributed by atoms with E-state index >= 15 is 0 Å². The van der Waals surface area contributed by atoms with Gasteiger partial charge in [0.2, 0.25) is 5.65 Å². The molecule has 1 N–H and O–H groups in total. The number of nitrogens with one attached hydrogen (secondary N) is 1. The van der Waals surface area contributed by atoms with Crippen molar-refractivity contribution in [3.63, 3.8) is 0 Å². The van der Waals surface area contributed by atoms with Gasteiger partial charge in [-0.15, -0.1) is 10.2 Å². The zero-order chi connectivity index (χ0) is 13.2. The summed E-state index contributed by atoms with van der Waals surface area (Å²) in [6.07, 6.45) is 5.18. The molecule has 1 aromatic carbocycles. The van der Waals surface area contributed by atoms with Crippen LogP contribution >= 0.6 is 11.6 Å². The topological polar surface area (TPSA) is 55.1 Å². The second-order valence-corrected chi connectivity index (χ2v) is 4.69. The maximum Gasteiger partial charge on any atom is 0.203 e. The van der Waals surface area contributed by atoms with E-state index in [9.17, 15) is 0 Å². The fourth-order valence-electron chi connectivity index (χ4n) is 1.90. The lowest BCUT2D eigenvalue weighted by Crippen LogP contribution is -2.09. The van der Waals surface area contributed by atoms with Gasteiger partial charge in [-0.1, -0.05) is 23.7 Å². The Balaban J connectivity index is 1.88. The minimum atomic E-state index is 0.104. The molecule has 3 rings (SSSR count). The van der Waals surface area contributed by atoms with Gasteiger partial charge in [0.25, 0.3) is 0 Å². The molecule has 0 bridgehead atoms. The third kappa shape index (κ3) is 2.37. The zero-order valence-electron chi connectivity index (χ0n) is 10.3. The van der Waals surface area contributed by atoms with Crippen LogP contribution in [-0.4, -0.2) is 19.6 Å². The molecule has 0 amide bonds. The molecule has 2 heterocycles. The van der Waals surface area contributed by atoms with Gasteiger partial charge in [-0.3, -0.25) is 4.40 Å². The number of nitrogens with zero attached hydrogens (tertiary/aromatic N) is 4. The summed E-state index contributed by atoms with van der Waals surface area (Å²) in [5.41, 5.74) is 1.84. The van der Waals surface area contributed by atoms with Crippen molar-refractivity contribution in [2.45, 2.75) is 13.0 Å². The Bertz CT molecular complexity index is 692. The normalized spacial score (nSPS) is 12.5. The monoisotopic (exact) mass is 273 g/mol. The molecule has 1 atom stereocenters. The highest BCUT2D eigenvalue weighted by Gasteiger charge is 2.10. The molecule has 0 aliphatic heterocycles. The quantitative estimate of drug-likeness (QED) is 0.797. The minimum absolute atomic E-state index is 0.104. The fraction of sp³-hybridized carbons (Fsp3) is 0.154. The van der Waals surface area contributed by atoms with Crippen LogP contribution in [0.15, 0.2) is 43.0 Å². The van der Waals surface area contributed by atoms with Crippen LogP contribution in [0.2, 0.25) is 5.02 Å². The van der Waals surface area contributed by atoms with Crippen molar-refractivity contribution in [1.29, 1.82) is 0 Å². The van der Waals surface area contributed by atoms with Crippen LogP contribution in [0, 0.1) is 0 Å². The summed E-state index contributed by atoms with van der Waals surface area (Å²) in [5.74, 6) is 0.711. The van der Waals surface area contributed by atoms with Gasteiger partial charge in [-0.05, 0) is 24.6 Å². The van der Waals surface area contributed by atoms with E-state index in [1.54, 1.807) is 12.5 Å². The van der Waals surface area contributed by atoms with Crippen LogP contribution in [0.4, 0.5) is 5.82 Å². The molecule has 5 nitrogen and oxygen atoms in total. The van der Waals surface area contributed by atoms with Crippen LogP contribution in [0.3, 0.4) is 0 Å². The second-order valence-electron chi connectivity index (χ2n) is 4.26. The van der Waals surface area contributed by atoms with Crippen LogP contribution in [0.5, 0.6) is 0 Å². The molecular weight excluding hydrogens is 262 g/mol. The molecule has 0 aliphatic carbocycles. The number of anilines is 1. The van der Waals surface area contributed by atoms with Gasteiger partial charge in [0.1, 0.15) is 6.33 Å². The van der Waals surface area contributed by atoms with Gasteiger partial charge in [0, 0.05) is 17.4 Å². The molecule has 0 fully saturated rings. The fourth-order valence-corrected chi connectivity index (χ4v) is 2.03. The van der Waals surface area contributed by atoms with Gasteiger partial charge >= 0.3 is 0 Å². The van der Waals surface area contributed by atoms with Gasteiger partial charge in [-0.25, -0.2) is 4.98 Å². The van der Waals surface area contributed by atoms with Crippen molar-refractivity contribution in [2.24, 2.45) is 0 Å². The Hall–Kier alpha value is -2.14. The molecule has 1 unspecified atom stereocenters. The smallest absolute Gasteiger partial charge is 0.203 e. The highest BCUT2D eigenvalue weighted by molar-refractivity contribution is 6.30. The summed E-state index contributed by atoms with van der Waals surface area (Å²) in [6.45, 7) is 2.06. The molecule has 0 saturated carbocycles. The number of hydrogen-bond acceptors (Lipinski definition) is 4. The predicted molar refractivity (Wildman–Crippen MR) is 74.3 cm³/mol. The number of fused-ring (bicyclic) bond motifs is 1. The maximum atomic E-state index is 5.89. The van der Waals surface area contributed by atoms with Crippen molar-refractivity contribution in [2.75, 3.05) is 5.32 Å². The average molecular weight is 274 g/mol. The summed E-state index contributed by atoms with van der Waals surface area (Å²) in [5, 5.41) is 12.0. The van der Waals surface area contributed by atoms with Gasteiger partial charge in [-0.2, -0.15) is 0 Å². The van der Waals surface area contributed by atoms with E-state index in [0.29, 0.717) is 11.5 Å². The van der Waals surface area contributed by atoms with E-state index in [0.717, 1.165) is 10.6 Å². The molecule has 3 aromatic rings. The molecular formula is C13H12ClN5. The number of halogens is 1. The predicted octanol–water partition coefficient (Wildman–Crippen LogP) is 2.95. The minimum Gasteiger partial charge on any atom is -0.360 e. The van der Waals surface area contributed by atoms with Gasteiger partial charge < -0.3 is 5.32 Å². The first kappa shape index (κ1) is 11.9. The average Bonchev–Trinajstić information content (AvgIpc) is 2.89. The van der Waals surface area contributed by atoms with E-state index in [2.05, 4.69) is 27.4 Å². The van der Waals surface area contributed by atoms with E-state index in [4.69, 9.17) is 11.6 Å². The van der Waals surface area contributed by atoms with Gasteiger partial charge in [0.05, 0.1) is 6.04 Å². The second kappa shape index (κ2) is 4.85. The van der Waals surface area contributed by atoms with E-state index in [1.807, 2.05) is 34.9 Å². The molecule has 6 heteroatoms. The van der Waals surface area contributed by atoms with Crippen LogP contribution in [0.1, 0.15) is 18.5 Å². The Morgan fingerprint density at radius 1 is 1.26 bits per heavy atom. The summed E-state index contributed by atoms with van der Waals surface area (Å²) < 4.78 is 1.82. The Kier molecular flexibility index (Phi) is 3.05. The zero-order valence-corrected chi connectivity index (χ0v) is 11.0. The number of rotatable bonds is 3. The van der Waals surface area contributed by atoms with Crippen molar-refractivity contribution in [3.05, 3.63) is 53.6 Å². The molecule has 0 saturated heterocycles. The van der Waals surface area contributed by atoms with Crippen molar-refractivity contribution >= 4 is 23.1 Å². The summed E-state index contributed by atoms with van der Waals surface area (Å²) >= 11 is 5.89. The summed E-state index contributed by atoms with van der Waals surface area (Å²) in [6, 6.07) is 7.83. The highest BCUT2D eigenvalue weighted by Crippen LogP contribution is 2.21.